The van der Waals surface area contributed by atoms with Gasteiger partial charge >= 0.3 is 0 Å². The van der Waals surface area contributed by atoms with Crippen LogP contribution in [0.4, 0.5) is 0 Å². The van der Waals surface area contributed by atoms with Gasteiger partial charge in [-0.05, 0) is 30.2 Å². The summed E-state index contributed by atoms with van der Waals surface area (Å²) in [5, 5.41) is 0.247. The first kappa shape index (κ1) is 15.7. The van der Waals surface area contributed by atoms with E-state index in [1.54, 1.807) is 12.4 Å². The van der Waals surface area contributed by atoms with Gasteiger partial charge in [-0.15, -0.1) is 0 Å². The zero-order valence-electron chi connectivity index (χ0n) is 11.3. The van der Waals surface area contributed by atoms with Crippen LogP contribution in [0.5, 0.6) is 5.75 Å². The van der Waals surface area contributed by atoms with Crippen LogP contribution in [0.1, 0.15) is 5.56 Å². The molecule has 0 atom stereocenters. The summed E-state index contributed by atoms with van der Waals surface area (Å²) in [5.41, 5.74) is 0.855. The van der Waals surface area contributed by atoms with E-state index in [1.165, 1.54) is 31.6 Å². The molecule has 0 aliphatic rings. The molecule has 0 radical (unpaired) electrons. The maximum atomic E-state index is 12.1. The minimum Gasteiger partial charge on any atom is -0.495 e. The highest BCUT2D eigenvalue weighted by Gasteiger charge is 2.15. The molecule has 0 bridgehead atoms. The minimum atomic E-state index is -3.61. The highest BCUT2D eigenvalue weighted by Crippen LogP contribution is 2.26. The fourth-order valence-electron chi connectivity index (χ4n) is 1.69. The second-order valence-electron chi connectivity index (χ2n) is 4.19. The average Bonchev–Trinajstić information content (AvgIpc) is 2.48. The van der Waals surface area contributed by atoms with Gasteiger partial charge in [-0.2, -0.15) is 0 Å². The third-order valence-electron chi connectivity index (χ3n) is 2.75. The normalized spacial score (nSPS) is 11.3. The van der Waals surface area contributed by atoms with Crippen LogP contribution in [-0.4, -0.2) is 32.0 Å². The highest BCUT2D eigenvalue weighted by molar-refractivity contribution is 7.89. The topological polar surface area (TPSA) is 81.2 Å². The minimum absolute atomic E-state index is 0.0950. The quantitative estimate of drug-likeness (QED) is 0.872. The van der Waals surface area contributed by atoms with Gasteiger partial charge in [-0.1, -0.05) is 11.6 Å². The number of halogens is 1. The maximum Gasteiger partial charge on any atom is 0.240 e. The number of methoxy groups -OCH3 is 1. The Bertz CT molecular complexity index is 708. The molecule has 0 saturated heterocycles. The van der Waals surface area contributed by atoms with Gasteiger partial charge in [-0.3, -0.25) is 0 Å². The molecule has 0 fully saturated rings. The number of nitrogens with one attached hydrogen (secondary N) is 1. The second kappa shape index (κ2) is 6.84. The van der Waals surface area contributed by atoms with E-state index in [0.717, 1.165) is 5.56 Å². The molecule has 0 aliphatic heterocycles. The van der Waals surface area contributed by atoms with E-state index in [2.05, 4.69) is 14.7 Å². The monoisotopic (exact) mass is 327 g/mol. The van der Waals surface area contributed by atoms with Gasteiger partial charge in [0.2, 0.25) is 10.0 Å². The lowest BCUT2D eigenvalue weighted by Crippen LogP contribution is -2.26. The van der Waals surface area contributed by atoms with E-state index in [9.17, 15) is 8.42 Å². The lowest BCUT2D eigenvalue weighted by atomic mass is 10.2. The maximum absolute atomic E-state index is 12.1. The zero-order chi connectivity index (χ0) is 15.3. The van der Waals surface area contributed by atoms with Crippen molar-refractivity contribution < 1.29 is 13.2 Å². The van der Waals surface area contributed by atoms with Crippen LogP contribution in [0.15, 0.2) is 41.8 Å². The van der Waals surface area contributed by atoms with Gasteiger partial charge in [0.05, 0.1) is 17.0 Å². The second-order valence-corrected chi connectivity index (χ2v) is 6.37. The SMILES string of the molecule is COc1ccc(S(=O)(=O)NCCc2cncnc2)cc1Cl. The molecule has 1 N–H and O–H groups in total. The molecule has 1 aromatic carbocycles. The first-order valence-electron chi connectivity index (χ1n) is 6.10. The molecule has 0 unspecified atom stereocenters. The van der Waals surface area contributed by atoms with Crippen LogP contribution in [-0.2, 0) is 16.4 Å². The predicted octanol–water partition coefficient (Wildman–Crippen LogP) is 1.66. The van der Waals surface area contributed by atoms with Crippen molar-refractivity contribution in [3.8, 4) is 5.75 Å². The van der Waals surface area contributed by atoms with Crippen LogP contribution in [0.3, 0.4) is 0 Å². The summed E-state index contributed by atoms with van der Waals surface area (Å²) in [6, 6.07) is 4.31. The number of nitrogens with zero attached hydrogens (tertiary/aromatic N) is 2. The first-order chi connectivity index (χ1) is 10.0. The number of benzene rings is 1. The van der Waals surface area contributed by atoms with Crippen molar-refractivity contribution in [1.82, 2.24) is 14.7 Å². The van der Waals surface area contributed by atoms with E-state index in [-0.39, 0.29) is 16.5 Å². The third-order valence-corrected chi connectivity index (χ3v) is 4.51. The molecular weight excluding hydrogens is 314 g/mol. The molecule has 0 aliphatic carbocycles. The van der Waals surface area contributed by atoms with Gasteiger partial charge in [0.15, 0.2) is 0 Å². The number of ether oxygens (including phenoxy) is 1. The van der Waals surface area contributed by atoms with Crippen LogP contribution in [0, 0.1) is 0 Å². The van der Waals surface area contributed by atoms with Crippen LogP contribution < -0.4 is 9.46 Å². The van der Waals surface area contributed by atoms with Gasteiger partial charge in [-0.25, -0.2) is 23.1 Å². The molecule has 8 heteroatoms. The Hall–Kier alpha value is -1.70. The Morgan fingerprint density at radius 3 is 2.62 bits per heavy atom. The molecule has 0 spiro atoms. The number of aromatic nitrogens is 2. The fourth-order valence-corrected chi connectivity index (χ4v) is 3.07. The van der Waals surface area contributed by atoms with E-state index < -0.39 is 10.0 Å². The van der Waals surface area contributed by atoms with E-state index >= 15 is 0 Å². The van der Waals surface area contributed by atoms with Gasteiger partial charge < -0.3 is 4.74 Å². The van der Waals surface area contributed by atoms with Crippen molar-refractivity contribution in [1.29, 1.82) is 0 Å². The summed E-state index contributed by atoms with van der Waals surface area (Å²) in [4.78, 5) is 7.83. The summed E-state index contributed by atoms with van der Waals surface area (Å²) in [5.74, 6) is 0.428. The molecule has 6 nitrogen and oxygen atoms in total. The van der Waals surface area contributed by atoms with Crippen molar-refractivity contribution in [2.24, 2.45) is 0 Å². The number of sulfonamides is 1. The van der Waals surface area contributed by atoms with Crippen LogP contribution >= 0.6 is 11.6 Å². The molecule has 0 saturated carbocycles. The van der Waals surface area contributed by atoms with Crippen molar-refractivity contribution in [2.45, 2.75) is 11.3 Å². The lowest BCUT2D eigenvalue weighted by molar-refractivity contribution is 0.414. The Morgan fingerprint density at radius 2 is 2.00 bits per heavy atom. The number of hydrogen-bond donors (Lipinski definition) is 1. The summed E-state index contributed by atoms with van der Waals surface area (Å²) in [6.07, 6.45) is 5.22. The molecule has 1 heterocycles. The molecule has 1 aromatic heterocycles. The Balaban J connectivity index is 2.03. The zero-order valence-corrected chi connectivity index (χ0v) is 12.9. The average molecular weight is 328 g/mol. The highest BCUT2D eigenvalue weighted by atomic mass is 35.5. The van der Waals surface area contributed by atoms with Gasteiger partial charge in [0.1, 0.15) is 12.1 Å². The fraction of sp³-hybridized carbons (Fsp3) is 0.231. The van der Waals surface area contributed by atoms with Crippen LogP contribution in [0.2, 0.25) is 5.02 Å². The summed E-state index contributed by atoms with van der Waals surface area (Å²) < 4.78 is 31.8. The van der Waals surface area contributed by atoms with Gasteiger partial charge in [0.25, 0.3) is 0 Å². The standard InChI is InChI=1S/C13H14ClN3O3S/c1-20-13-3-2-11(6-12(13)14)21(18,19)17-5-4-10-7-15-9-16-8-10/h2-3,6-9,17H,4-5H2,1H3. The predicted molar refractivity (Wildman–Crippen MR) is 78.9 cm³/mol. The molecule has 112 valence electrons. The van der Waals surface area contributed by atoms with Crippen molar-refractivity contribution >= 4 is 21.6 Å². The van der Waals surface area contributed by atoms with Crippen molar-refractivity contribution in [3.63, 3.8) is 0 Å². The van der Waals surface area contributed by atoms with E-state index in [0.29, 0.717) is 12.2 Å². The van der Waals surface area contributed by atoms with E-state index in [1.807, 2.05) is 0 Å². The van der Waals surface area contributed by atoms with Gasteiger partial charge in [0, 0.05) is 18.9 Å². The third kappa shape index (κ3) is 4.13. The Kier molecular flexibility index (Phi) is 5.11. The molecule has 21 heavy (non-hydrogen) atoms. The van der Waals surface area contributed by atoms with Crippen molar-refractivity contribution in [3.05, 3.63) is 47.5 Å². The molecular formula is C13H14ClN3O3S. The van der Waals surface area contributed by atoms with Crippen molar-refractivity contribution in [2.75, 3.05) is 13.7 Å². The smallest absolute Gasteiger partial charge is 0.240 e. The molecule has 2 rings (SSSR count). The largest absolute Gasteiger partial charge is 0.495 e. The molecule has 2 aromatic rings. The number of hydrogen-bond acceptors (Lipinski definition) is 5. The Morgan fingerprint density at radius 1 is 1.29 bits per heavy atom. The summed E-state index contributed by atoms with van der Waals surface area (Å²) in [6.45, 7) is 0.249. The number of rotatable bonds is 6. The Labute approximate surface area is 128 Å². The first-order valence-corrected chi connectivity index (χ1v) is 7.96. The van der Waals surface area contributed by atoms with E-state index in [4.69, 9.17) is 16.3 Å². The van der Waals surface area contributed by atoms with Crippen LogP contribution in [0.25, 0.3) is 0 Å². The summed E-state index contributed by atoms with van der Waals surface area (Å²) in [7, 11) is -2.14. The summed E-state index contributed by atoms with van der Waals surface area (Å²) >= 11 is 5.93. The lowest BCUT2D eigenvalue weighted by Gasteiger charge is -2.08. The molecule has 0 amide bonds.